The number of halogens is 2. The van der Waals surface area contributed by atoms with E-state index in [4.69, 9.17) is 27.9 Å². The molecule has 2 rings (SSSR count). The number of esters is 1. The van der Waals surface area contributed by atoms with Crippen molar-refractivity contribution in [2.45, 2.75) is 17.7 Å². The molecule has 1 aliphatic rings. The Morgan fingerprint density at radius 2 is 2.05 bits per heavy atom. The van der Waals surface area contributed by atoms with Crippen molar-refractivity contribution in [1.82, 2.24) is 10.9 Å². The average Bonchev–Trinajstić information content (AvgIpc) is 2.86. The molecule has 9 heteroatoms. The van der Waals surface area contributed by atoms with Gasteiger partial charge in [0.05, 0.1) is 4.88 Å². The summed E-state index contributed by atoms with van der Waals surface area (Å²) in [6.45, 7) is 1.04. The maximum absolute atomic E-state index is 11.7. The van der Waals surface area contributed by atoms with Crippen molar-refractivity contribution < 1.29 is 19.1 Å². The molecular formula is C12H12Cl2N2O4S. The highest BCUT2D eigenvalue weighted by Gasteiger charge is 2.69. The van der Waals surface area contributed by atoms with Gasteiger partial charge < -0.3 is 4.74 Å². The summed E-state index contributed by atoms with van der Waals surface area (Å²) in [5.74, 6) is -1.75. The zero-order valence-electron chi connectivity index (χ0n) is 10.9. The van der Waals surface area contributed by atoms with Gasteiger partial charge in [0.1, 0.15) is 9.75 Å². The first-order chi connectivity index (χ1) is 9.76. The first kappa shape index (κ1) is 16.1. The summed E-state index contributed by atoms with van der Waals surface area (Å²) < 4.78 is 3.68. The number of carbonyl (C=O) groups is 3. The minimum absolute atomic E-state index is 0.276. The second kappa shape index (κ2) is 5.82. The van der Waals surface area contributed by atoms with Crippen LogP contribution in [0, 0.1) is 5.41 Å². The Kier molecular flexibility index (Phi) is 4.46. The number of alkyl halides is 2. The van der Waals surface area contributed by atoms with Crippen molar-refractivity contribution in [3.05, 3.63) is 22.4 Å². The van der Waals surface area contributed by atoms with Gasteiger partial charge in [-0.25, -0.2) is 0 Å². The number of nitrogens with one attached hydrogen (secondary N) is 2. The molecule has 1 aliphatic carbocycles. The lowest BCUT2D eigenvalue weighted by atomic mass is 10.1. The summed E-state index contributed by atoms with van der Waals surface area (Å²) in [5.41, 5.74) is 3.36. The van der Waals surface area contributed by atoms with E-state index in [1.807, 2.05) is 0 Å². The van der Waals surface area contributed by atoms with Gasteiger partial charge in [0.25, 0.3) is 11.8 Å². The molecule has 0 aromatic carbocycles. The number of ether oxygens (including phenoxy) is 1. The van der Waals surface area contributed by atoms with Gasteiger partial charge in [-0.3, -0.25) is 25.2 Å². The number of amides is 2. The van der Waals surface area contributed by atoms with E-state index in [0.717, 1.165) is 0 Å². The minimum Gasteiger partial charge on any atom is -0.455 e. The Hall–Kier alpha value is -1.31. The molecule has 2 N–H and O–H groups in total. The van der Waals surface area contributed by atoms with Crippen LogP contribution in [-0.4, -0.2) is 28.7 Å². The van der Waals surface area contributed by atoms with Crippen LogP contribution in [0.1, 0.15) is 23.0 Å². The molecule has 1 saturated carbocycles. The molecule has 0 saturated heterocycles. The van der Waals surface area contributed by atoms with Crippen molar-refractivity contribution in [2.75, 3.05) is 6.61 Å². The van der Waals surface area contributed by atoms with Crippen LogP contribution in [-0.2, 0) is 14.3 Å². The molecule has 1 atom stereocenters. The fraction of sp³-hybridized carbons (Fsp3) is 0.417. The summed E-state index contributed by atoms with van der Waals surface area (Å²) >= 11 is 12.9. The maximum atomic E-state index is 11.7. The molecule has 6 nitrogen and oxygen atoms in total. The zero-order valence-corrected chi connectivity index (χ0v) is 13.3. The van der Waals surface area contributed by atoms with Crippen molar-refractivity contribution in [2.24, 2.45) is 5.41 Å². The third-order valence-corrected chi connectivity index (χ3v) is 5.07. The fourth-order valence-electron chi connectivity index (χ4n) is 1.54. The van der Waals surface area contributed by atoms with Gasteiger partial charge in [-0.2, -0.15) is 0 Å². The summed E-state index contributed by atoms with van der Waals surface area (Å²) in [4.78, 5) is 35.2. The zero-order chi connectivity index (χ0) is 15.7. The molecule has 2 amide bonds. The summed E-state index contributed by atoms with van der Waals surface area (Å²) in [6, 6.07) is 3.32. The van der Waals surface area contributed by atoms with Gasteiger partial charge in [-0.15, -0.1) is 34.5 Å². The van der Waals surface area contributed by atoms with E-state index in [-0.39, 0.29) is 6.42 Å². The quantitative estimate of drug-likeness (QED) is 0.491. The van der Waals surface area contributed by atoms with Gasteiger partial charge in [0.2, 0.25) is 0 Å². The second-order valence-electron chi connectivity index (χ2n) is 4.77. The van der Waals surface area contributed by atoms with E-state index in [9.17, 15) is 14.4 Å². The Morgan fingerprint density at radius 1 is 1.38 bits per heavy atom. The predicted molar refractivity (Wildman–Crippen MR) is 78.0 cm³/mol. The molecule has 1 fully saturated rings. The number of thiophene rings is 1. The van der Waals surface area contributed by atoms with E-state index in [1.54, 1.807) is 24.4 Å². The van der Waals surface area contributed by atoms with E-state index in [1.165, 1.54) is 11.3 Å². The summed E-state index contributed by atoms with van der Waals surface area (Å²) in [7, 11) is 0. The number of carbonyl (C=O) groups excluding carboxylic acids is 3. The maximum Gasteiger partial charge on any atom is 0.315 e. The van der Waals surface area contributed by atoms with Crippen LogP contribution in [0.15, 0.2) is 17.5 Å². The first-order valence-corrected chi connectivity index (χ1v) is 7.57. The van der Waals surface area contributed by atoms with Crippen LogP contribution >= 0.6 is 34.5 Å². The monoisotopic (exact) mass is 350 g/mol. The first-order valence-electron chi connectivity index (χ1n) is 5.94. The molecule has 21 heavy (non-hydrogen) atoms. The standard InChI is InChI=1S/C12H12Cl2N2O4S/c1-11(6-12(11,13)14)10(19)20-5-8(17)15-16-9(18)7-3-2-4-21-7/h2-4H,5-6H2,1H3,(H,15,17)(H,16,18)/t11-/m0/s1. The van der Waals surface area contributed by atoms with Gasteiger partial charge in [-0.05, 0) is 18.4 Å². The Morgan fingerprint density at radius 3 is 2.57 bits per heavy atom. The topological polar surface area (TPSA) is 84.5 Å². The minimum atomic E-state index is -1.14. The number of hydrogen-bond donors (Lipinski definition) is 2. The van der Waals surface area contributed by atoms with Crippen molar-refractivity contribution in [1.29, 1.82) is 0 Å². The molecule has 0 unspecified atom stereocenters. The van der Waals surface area contributed by atoms with Crippen LogP contribution in [0.4, 0.5) is 0 Å². The molecule has 1 heterocycles. The lowest BCUT2D eigenvalue weighted by Gasteiger charge is -2.12. The van der Waals surface area contributed by atoms with E-state index in [0.29, 0.717) is 4.88 Å². The van der Waals surface area contributed by atoms with Crippen LogP contribution in [0.5, 0.6) is 0 Å². The lowest BCUT2D eigenvalue weighted by molar-refractivity contribution is -0.153. The molecule has 1 aromatic rings. The Bertz CT molecular complexity index is 576. The Labute approximate surface area is 134 Å². The number of rotatable bonds is 4. The summed E-state index contributed by atoms with van der Waals surface area (Å²) in [5, 5.41) is 1.74. The van der Waals surface area contributed by atoms with Crippen LogP contribution in [0.3, 0.4) is 0 Å². The third-order valence-electron chi connectivity index (χ3n) is 3.10. The molecule has 0 radical (unpaired) electrons. The second-order valence-corrected chi connectivity index (χ2v) is 7.20. The number of hydrazine groups is 1. The van der Waals surface area contributed by atoms with Crippen LogP contribution in [0.2, 0.25) is 0 Å². The SMILES string of the molecule is C[C@@]1(C(=O)OCC(=O)NNC(=O)c2cccs2)CC1(Cl)Cl. The van der Waals surface area contributed by atoms with E-state index < -0.39 is 34.1 Å². The predicted octanol–water partition coefficient (Wildman–Crippen LogP) is 1.64. The van der Waals surface area contributed by atoms with E-state index in [2.05, 4.69) is 10.9 Å². The van der Waals surface area contributed by atoms with Crippen molar-refractivity contribution >= 4 is 52.3 Å². The average molecular weight is 351 g/mol. The highest BCUT2D eigenvalue weighted by molar-refractivity contribution is 7.12. The van der Waals surface area contributed by atoms with E-state index >= 15 is 0 Å². The normalized spacial score (nSPS) is 22.2. The smallest absolute Gasteiger partial charge is 0.315 e. The van der Waals surface area contributed by atoms with Crippen LogP contribution in [0.25, 0.3) is 0 Å². The molecule has 114 valence electrons. The third kappa shape index (κ3) is 3.48. The molecule has 0 bridgehead atoms. The molecule has 0 aliphatic heterocycles. The largest absolute Gasteiger partial charge is 0.455 e. The van der Waals surface area contributed by atoms with Gasteiger partial charge >= 0.3 is 5.97 Å². The lowest BCUT2D eigenvalue weighted by Crippen LogP contribution is -2.43. The molecular weight excluding hydrogens is 339 g/mol. The highest BCUT2D eigenvalue weighted by Crippen LogP contribution is 2.64. The van der Waals surface area contributed by atoms with Gasteiger partial charge in [0, 0.05) is 6.42 Å². The van der Waals surface area contributed by atoms with Crippen molar-refractivity contribution in [3.8, 4) is 0 Å². The van der Waals surface area contributed by atoms with Gasteiger partial charge in [0.15, 0.2) is 6.61 Å². The van der Waals surface area contributed by atoms with Crippen molar-refractivity contribution in [3.63, 3.8) is 0 Å². The number of hydrogen-bond acceptors (Lipinski definition) is 5. The molecule has 0 spiro atoms. The van der Waals surface area contributed by atoms with Crippen LogP contribution < -0.4 is 10.9 Å². The Balaban J connectivity index is 1.71. The molecule has 1 aromatic heterocycles. The summed E-state index contributed by atoms with van der Waals surface area (Å²) in [6.07, 6.45) is 0.276. The fourth-order valence-corrected chi connectivity index (χ4v) is 2.85. The highest BCUT2D eigenvalue weighted by atomic mass is 35.5. The van der Waals surface area contributed by atoms with Gasteiger partial charge in [-0.1, -0.05) is 6.07 Å².